The molecule has 3 heteroatoms. The van der Waals surface area contributed by atoms with Crippen molar-refractivity contribution in [2.75, 3.05) is 20.2 Å². The molecule has 2 rings (SSSR count). The first-order valence-electron chi connectivity index (χ1n) is 5.19. The van der Waals surface area contributed by atoms with E-state index in [4.69, 9.17) is 4.74 Å². The summed E-state index contributed by atoms with van der Waals surface area (Å²) in [6.45, 7) is 5.87. The van der Waals surface area contributed by atoms with E-state index in [0.717, 1.165) is 37.9 Å². The fraction of sp³-hybridized carbons (Fsp3) is 0.727. The molecule has 3 nitrogen and oxygen atoms in total. The Kier molecular flexibility index (Phi) is 2.35. The molecule has 0 aromatic carbocycles. The second kappa shape index (κ2) is 3.39. The second-order valence-corrected chi connectivity index (χ2v) is 4.33. The van der Waals surface area contributed by atoms with E-state index >= 15 is 0 Å². The summed E-state index contributed by atoms with van der Waals surface area (Å²) in [6.07, 6.45) is 4.03. The third-order valence-corrected chi connectivity index (χ3v) is 3.40. The minimum Gasteiger partial charge on any atom is -0.468 e. The summed E-state index contributed by atoms with van der Waals surface area (Å²) in [4.78, 5) is 14.1. The van der Waals surface area contributed by atoms with Crippen LogP contribution in [-0.2, 0) is 9.53 Å². The zero-order valence-electron chi connectivity index (χ0n) is 8.71. The normalized spacial score (nSPS) is 32.8. The van der Waals surface area contributed by atoms with Gasteiger partial charge in [0.2, 0.25) is 0 Å². The maximum Gasteiger partial charge on any atom is 0.326 e. The Bertz CT molecular complexity index is 274. The number of rotatable bonds is 1. The SMILES string of the molecule is C=C1CN2CCCCC2(C(=O)OC)C1. The molecule has 0 spiro atoms. The van der Waals surface area contributed by atoms with Gasteiger partial charge < -0.3 is 4.74 Å². The smallest absolute Gasteiger partial charge is 0.326 e. The lowest BCUT2D eigenvalue weighted by atomic mass is 9.86. The van der Waals surface area contributed by atoms with E-state index in [9.17, 15) is 4.79 Å². The van der Waals surface area contributed by atoms with Crippen molar-refractivity contribution in [2.24, 2.45) is 0 Å². The number of carbonyl (C=O) groups excluding carboxylic acids is 1. The third kappa shape index (κ3) is 1.27. The predicted molar refractivity (Wildman–Crippen MR) is 53.9 cm³/mol. The summed E-state index contributed by atoms with van der Waals surface area (Å²) >= 11 is 0. The van der Waals surface area contributed by atoms with Crippen molar-refractivity contribution < 1.29 is 9.53 Å². The van der Waals surface area contributed by atoms with E-state index in [0.29, 0.717) is 0 Å². The minimum atomic E-state index is -0.357. The third-order valence-electron chi connectivity index (χ3n) is 3.40. The van der Waals surface area contributed by atoms with Gasteiger partial charge in [0, 0.05) is 6.54 Å². The Labute approximate surface area is 84.7 Å². The van der Waals surface area contributed by atoms with Crippen molar-refractivity contribution >= 4 is 5.97 Å². The van der Waals surface area contributed by atoms with Gasteiger partial charge in [0.05, 0.1) is 7.11 Å². The van der Waals surface area contributed by atoms with Gasteiger partial charge in [-0.25, -0.2) is 0 Å². The van der Waals surface area contributed by atoms with Crippen molar-refractivity contribution in [3.05, 3.63) is 12.2 Å². The number of carbonyl (C=O) groups is 1. The van der Waals surface area contributed by atoms with Crippen LogP contribution >= 0.6 is 0 Å². The van der Waals surface area contributed by atoms with Gasteiger partial charge in [-0.05, 0) is 32.2 Å². The van der Waals surface area contributed by atoms with Gasteiger partial charge in [-0.2, -0.15) is 0 Å². The van der Waals surface area contributed by atoms with Crippen molar-refractivity contribution in [3.8, 4) is 0 Å². The lowest BCUT2D eigenvalue weighted by molar-refractivity contribution is -0.155. The molecule has 2 aliphatic rings. The number of nitrogens with zero attached hydrogens (tertiary/aromatic N) is 1. The van der Waals surface area contributed by atoms with Gasteiger partial charge in [0.25, 0.3) is 0 Å². The van der Waals surface area contributed by atoms with Crippen LogP contribution in [0.4, 0.5) is 0 Å². The average molecular weight is 195 g/mol. The Hall–Kier alpha value is -0.830. The Morgan fingerprint density at radius 2 is 2.36 bits per heavy atom. The van der Waals surface area contributed by atoms with E-state index in [-0.39, 0.29) is 11.5 Å². The molecule has 0 saturated carbocycles. The van der Waals surface area contributed by atoms with Gasteiger partial charge in [-0.1, -0.05) is 12.2 Å². The predicted octanol–water partition coefficient (Wildman–Crippen LogP) is 1.34. The highest BCUT2D eigenvalue weighted by atomic mass is 16.5. The summed E-state index contributed by atoms with van der Waals surface area (Å²) < 4.78 is 4.92. The molecule has 2 saturated heterocycles. The molecule has 0 radical (unpaired) electrons. The highest BCUT2D eigenvalue weighted by molar-refractivity contribution is 5.82. The van der Waals surface area contributed by atoms with Crippen LogP contribution in [0, 0.1) is 0 Å². The largest absolute Gasteiger partial charge is 0.468 e. The van der Waals surface area contributed by atoms with Crippen LogP contribution in [0.1, 0.15) is 25.7 Å². The maximum atomic E-state index is 11.8. The van der Waals surface area contributed by atoms with E-state index in [1.807, 2.05) is 0 Å². The molecule has 1 unspecified atom stereocenters. The lowest BCUT2D eigenvalue weighted by Gasteiger charge is -2.39. The summed E-state index contributed by atoms with van der Waals surface area (Å²) in [5.74, 6) is -0.0733. The quantitative estimate of drug-likeness (QED) is 0.467. The first kappa shape index (κ1) is 9.71. The maximum absolute atomic E-state index is 11.8. The number of esters is 1. The molecule has 14 heavy (non-hydrogen) atoms. The van der Waals surface area contributed by atoms with Gasteiger partial charge in [0.1, 0.15) is 5.54 Å². The monoisotopic (exact) mass is 195 g/mol. The van der Waals surface area contributed by atoms with Crippen molar-refractivity contribution in [3.63, 3.8) is 0 Å². The summed E-state index contributed by atoms with van der Waals surface area (Å²) in [6, 6.07) is 0. The molecule has 0 N–H and O–H groups in total. The van der Waals surface area contributed by atoms with Crippen molar-refractivity contribution in [1.29, 1.82) is 0 Å². The second-order valence-electron chi connectivity index (χ2n) is 4.33. The Morgan fingerprint density at radius 3 is 3.07 bits per heavy atom. The van der Waals surface area contributed by atoms with Gasteiger partial charge >= 0.3 is 5.97 Å². The molecular weight excluding hydrogens is 178 g/mol. The van der Waals surface area contributed by atoms with E-state index in [1.54, 1.807) is 0 Å². The number of ether oxygens (including phenoxy) is 1. The van der Waals surface area contributed by atoms with Crippen LogP contribution in [0.25, 0.3) is 0 Å². The molecule has 1 atom stereocenters. The van der Waals surface area contributed by atoms with Gasteiger partial charge in [0.15, 0.2) is 0 Å². The highest BCUT2D eigenvalue weighted by Crippen LogP contribution is 2.40. The summed E-state index contributed by atoms with van der Waals surface area (Å²) in [5.41, 5.74) is 0.807. The fourth-order valence-corrected chi connectivity index (χ4v) is 2.76. The summed E-state index contributed by atoms with van der Waals surface area (Å²) in [7, 11) is 1.48. The molecule has 2 fully saturated rings. The zero-order chi connectivity index (χ0) is 10.2. The van der Waals surface area contributed by atoms with Crippen LogP contribution in [0.3, 0.4) is 0 Å². The van der Waals surface area contributed by atoms with Crippen LogP contribution in [-0.4, -0.2) is 36.6 Å². The molecule has 2 heterocycles. The number of hydrogen-bond donors (Lipinski definition) is 0. The lowest BCUT2D eigenvalue weighted by Crippen LogP contribution is -2.53. The molecule has 0 aromatic heterocycles. The number of methoxy groups -OCH3 is 1. The van der Waals surface area contributed by atoms with Crippen LogP contribution in [0.15, 0.2) is 12.2 Å². The molecule has 2 aliphatic heterocycles. The molecule has 0 bridgehead atoms. The first-order chi connectivity index (χ1) is 6.69. The van der Waals surface area contributed by atoms with Gasteiger partial charge in [-0.15, -0.1) is 0 Å². The van der Waals surface area contributed by atoms with Crippen LogP contribution in [0.2, 0.25) is 0 Å². The highest BCUT2D eigenvalue weighted by Gasteiger charge is 2.50. The number of piperidine rings is 1. The minimum absolute atomic E-state index is 0.0733. The van der Waals surface area contributed by atoms with Crippen molar-refractivity contribution in [2.45, 2.75) is 31.2 Å². The topological polar surface area (TPSA) is 29.5 Å². The average Bonchev–Trinajstić information content (AvgIpc) is 2.53. The number of fused-ring (bicyclic) bond motifs is 1. The molecule has 0 aromatic rings. The molecular formula is C11H17NO2. The Morgan fingerprint density at radius 1 is 1.57 bits per heavy atom. The molecule has 0 amide bonds. The fourth-order valence-electron chi connectivity index (χ4n) is 2.76. The summed E-state index contributed by atoms with van der Waals surface area (Å²) in [5, 5.41) is 0. The Balaban J connectivity index is 2.27. The van der Waals surface area contributed by atoms with E-state index in [2.05, 4.69) is 11.5 Å². The molecule has 78 valence electrons. The molecule has 0 aliphatic carbocycles. The first-order valence-corrected chi connectivity index (χ1v) is 5.19. The van der Waals surface area contributed by atoms with Crippen molar-refractivity contribution in [1.82, 2.24) is 4.90 Å². The standard InChI is InChI=1S/C11H17NO2/c1-9-7-11(10(13)14-2)5-3-4-6-12(11)8-9/h1,3-8H2,2H3. The zero-order valence-corrected chi connectivity index (χ0v) is 8.71. The van der Waals surface area contributed by atoms with Crippen LogP contribution < -0.4 is 0 Å². The van der Waals surface area contributed by atoms with E-state index < -0.39 is 0 Å². The van der Waals surface area contributed by atoms with Gasteiger partial charge in [-0.3, -0.25) is 9.69 Å². The van der Waals surface area contributed by atoms with Crippen LogP contribution in [0.5, 0.6) is 0 Å². The van der Waals surface area contributed by atoms with E-state index in [1.165, 1.54) is 13.5 Å². The number of hydrogen-bond acceptors (Lipinski definition) is 3.